The van der Waals surface area contributed by atoms with Gasteiger partial charge in [-0.2, -0.15) is 0 Å². The summed E-state index contributed by atoms with van der Waals surface area (Å²) in [5.74, 6) is -0.846. The van der Waals surface area contributed by atoms with Crippen molar-refractivity contribution < 1.29 is 18.0 Å². The summed E-state index contributed by atoms with van der Waals surface area (Å²) in [6.45, 7) is 5.17. The summed E-state index contributed by atoms with van der Waals surface area (Å²) in [5, 5.41) is 3.79. The molecule has 3 aromatic carbocycles. The van der Waals surface area contributed by atoms with Gasteiger partial charge in [0.15, 0.2) is 0 Å². The van der Waals surface area contributed by atoms with Crippen LogP contribution in [0.4, 0.5) is 5.69 Å². The standard InChI is InChI=1S/C29H33Cl2N3O4S/c1-4-21(3)32-29(36)27(5-2)33(19-22-11-9-10-14-26(22)31)28(35)20-34(24-12-7-6-8-13-24)39(37,38)25-17-15-23(30)16-18-25/h6-18,21,27H,4-5,19-20H2,1-3H3,(H,32,36)/t21-,27-/m0/s1. The second-order valence-electron chi connectivity index (χ2n) is 9.16. The maximum Gasteiger partial charge on any atom is 0.264 e. The van der Waals surface area contributed by atoms with Gasteiger partial charge in [0.05, 0.1) is 10.6 Å². The first-order valence-corrected chi connectivity index (χ1v) is 14.9. The number of carbonyl (C=O) groups is 2. The van der Waals surface area contributed by atoms with Crippen LogP contribution in [-0.2, 0) is 26.2 Å². The molecule has 2 amide bonds. The van der Waals surface area contributed by atoms with E-state index in [0.717, 1.165) is 10.7 Å². The van der Waals surface area contributed by atoms with E-state index < -0.39 is 28.5 Å². The Bertz CT molecular complexity index is 1370. The van der Waals surface area contributed by atoms with Gasteiger partial charge in [-0.3, -0.25) is 13.9 Å². The third-order valence-corrected chi connectivity index (χ3v) is 8.82. The number of benzene rings is 3. The summed E-state index contributed by atoms with van der Waals surface area (Å²) in [6, 6.07) is 20.3. The fourth-order valence-corrected chi connectivity index (χ4v) is 5.76. The van der Waals surface area contributed by atoms with Crippen molar-refractivity contribution in [3.8, 4) is 0 Å². The van der Waals surface area contributed by atoms with Gasteiger partial charge in [-0.05, 0) is 67.8 Å². The minimum absolute atomic E-state index is 0.0113. The number of hydrogen-bond donors (Lipinski definition) is 1. The molecule has 0 heterocycles. The fraction of sp³-hybridized carbons (Fsp3) is 0.310. The smallest absolute Gasteiger partial charge is 0.264 e. The maximum atomic E-state index is 14.0. The molecule has 0 aliphatic heterocycles. The molecule has 0 aliphatic carbocycles. The number of rotatable bonds is 12. The van der Waals surface area contributed by atoms with Gasteiger partial charge in [-0.15, -0.1) is 0 Å². The Morgan fingerprint density at radius 3 is 2.08 bits per heavy atom. The summed E-state index contributed by atoms with van der Waals surface area (Å²) in [4.78, 5) is 28.7. The lowest BCUT2D eigenvalue weighted by molar-refractivity contribution is -0.140. The Balaban J connectivity index is 2.04. The molecular formula is C29H33Cl2N3O4S. The van der Waals surface area contributed by atoms with Gasteiger partial charge >= 0.3 is 0 Å². The van der Waals surface area contributed by atoms with Gasteiger partial charge in [0, 0.05) is 22.6 Å². The number of halogens is 2. The van der Waals surface area contributed by atoms with Crippen molar-refractivity contribution in [3.63, 3.8) is 0 Å². The Labute approximate surface area is 240 Å². The summed E-state index contributed by atoms with van der Waals surface area (Å²) >= 11 is 12.4. The third-order valence-electron chi connectivity index (χ3n) is 6.41. The van der Waals surface area contributed by atoms with E-state index in [1.165, 1.54) is 29.2 Å². The monoisotopic (exact) mass is 589 g/mol. The van der Waals surface area contributed by atoms with Crippen LogP contribution in [0.5, 0.6) is 0 Å². The van der Waals surface area contributed by atoms with Gasteiger partial charge in [0.1, 0.15) is 12.6 Å². The van der Waals surface area contributed by atoms with Gasteiger partial charge in [-0.1, -0.05) is 73.4 Å². The fourth-order valence-electron chi connectivity index (χ4n) is 4.03. The van der Waals surface area contributed by atoms with Crippen molar-refractivity contribution in [1.29, 1.82) is 0 Å². The number of amides is 2. The van der Waals surface area contributed by atoms with E-state index in [4.69, 9.17) is 23.2 Å². The topological polar surface area (TPSA) is 86.8 Å². The van der Waals surface area contributed by atoms with Gasteiger partial charge in [0.25, 0.3) is 10.0 Å². The van der Waals surface area contributed by atoms with E-state index in [2.05, 4.69) is 5.32 Å². The maximum absolute atomic E-state index is 14.0. The molecular weight excluding hydrogens is 557 g/mol. The molecule has 2 atom stereocenters. The average molecular weight is 591 g/mol. The highest BCUT2D eigenvalue weighted by molar-refractivity contribution is 7.92. The first-order chi connectivity index (χ1) is 18.6. The Morgan fingerprint density at radius 2 is 1.49 bits per heavy atom. The van der Waals surface area contributed by atoms with E-state index in [9.17, 15) is 18.0 Å². The minimum atomic E-state index is -4.16. The Hall–Kier alpha value is -3.07. The number of para-hydroxylation sites is 1. The molecule has 0 saturated heterocycles. The number of anilines is 1. The number of nitrogens with one attached hydrogen (secondary N) is 1. The lowest BCUT2D eigenvalue weighted by Gasteiger charge is -2.34. The second kappa shape index (κ2) is 13.8. The summed E-state index contributed by atoms with van der Waals surface area (Å²) in [7, 11) is -4.16. The Kier molecular flexibility index (Phi) is 10.8. The van der Waals surface area contributed by atoms with E-state index in [1.807, 2.05) is 20.8 Å². The third kappa shape index (κ3) is 7.75. The van der Waals surface area contributed by atoms with Crippen molar-refractivity contribution >= 4 is 50.7 Å². The first kappa shape index (κ1) is 30.5. The highest BCUT2D eigenvalue weighted by atomic mass is 35.5. The molecule has 10 heteroatoms. The number of carbonyl (C=O) groups excluding carboxylic acids is 2. The van der Waals surface area contributed by atoms with Crippen molar-refractivity contribution in [3.05, 3.63) is 94.5 Å². The molecule has 208 valence electrons. The molecule has 7 nitrogen and oxygen atoms in total. The van der Waals surface area contributed by atoms with E-state index in [0.29, 0.717) is 27.7 Å². The highest BCUT2D eigenvalue weighted by Gasteiger charge is 2.34. The molecule has 0 aliphatic rings. The summed E-state index contributed by atoms with van der Waals surface area (Å²) in [5.41, 5.74) is 0.963. The van der Waals surface area contributed by atoms with Crippen LogP contribution in [0.25, 0.3) is 0 Å². The van der Waals surface area contributed by atoms with Gasteiger partial charge < -0.3 is 10.2 Å². The van der Waals surface area contributed by atoms with Crippen LogP contribution in [0, 0.1) is 0 Å². The molecule has 0 spiro atoms. The molecule has 0 fully saturated rings. The summed E-state index contributed by atoms with van der Waals surface area (Å²) in [6.07, 6.45) is 1.05. The first-order valence-electron chi connectivity index (χ1n) is 12.7. The number of sulfonamides is 1. The van der Waals surface area contributed by atoms with E-state index >= 15 is 0 Å². The molecule has 1 N–H and O–H groups in total. The molecule has 39 heavy (non-hydrogen) atoms. The van der Waals surface area contributed by atoms with Crippen molar-refractivity contribution in [2.45, 2.75) is 57.1 Å². The van der Waals surface area contributed by atoms with Crippen LogP contribution in [0.15, 0.2) is 83.8 Å². The van der Waals surface area contributed by atoms with Crippen molar-refractivity contribution in [2.24, 2.45) is 0 Å². The molecule has 0 radical (unpaired) electrons. The molecule has 0 aromatic heterocycles. The zero-order valence-corrected chi connectivity index (χ0v) is 24.5. The number of nitrogens with zero attached hydrogens (tertiary/aromatic N) is 2. The van der Waals surface area contributed by atoms with Crippen LogP contribution in [-0.4, -0.2) is 43.8 Å². The molecule has 0 unspecified atom stereocenters. The molecule has 0 bridgehead atoms. The molecule has 3 rings (SSSR count). The van der Waals surface area contributed by atoms with Crippen molar-refractivity contribution in [1.82, 2.24) is 10.2 Å². The predicted molar refractivity (Wildman–Crippen MR) is 156 cm³/mol. The lowest BCUT2D eigenvalue weighted by atomic mass is 10.1. The largest absolute Gasteiger partial charge is 0.352 e. The SMILES string of the molecule is CC[C@H](C)NC(=O)[C@H](CC)N(Cc1ccccc1Cl)C(=O)CN(c1ccccc1)S(=O)(=O)c1ccc(Cl)cc1. The van der Waals surface area contributed by atoms with E-state index in [1.54, 1.807) is 54.6 Å². The van der Waals surface area contributed by atoms with Gasteiger partial charge in [-0.25, -0.2) is 8.42 Å². The predicted octanol–water partition coefficient (Wildman–Crippen LogP) is 5.91. The van der Waals surface area contributed by atoms with Crippen LogP contribution < -0.4 is 9.62 Å². The summed E-state index contributed by atoms with van der Waals surface area (Å²) < 4.78 is 28.6. The van der Waals surface area contributed by atoms with E-state index in [-0.39, 0.29) is 23.4 Å². The quantitative estimate of drug-likeness (QED) is 0.284. The zero-order chi connectivity index (χ0) is 28.6. The minimum Gasteiger partial charge on any atom is -0.352 e. The molecule has 0 saturated carbocycles. The van der Waals surface area contributed by atoms with Crippen LogP contribution in [0.2, 0.25) is 10.0 Å². The normalized spacial score (nSPS) is 12.8. The lowest BCUT2D eigenvalue weighted by Crippen LogP contribution is -2.53. The van der Waals surface area contributed by atoms with Crippen LogP contribution in [0.3, 0.4) is 0 Å². The van der Waals surface area contributed by atoms with Crippen LogP contribution in [0.1, 0.15) is 39.2 Å². The van der Waals surface area contributed by atoms with Crippen molar-refractivity contribution in [2.75, 3.05) is 10.8 Å². The highest BCUT2D eigenvalue weighted by Crippen LogP contribution is 2.26. The van der Waals surface area contributed by atoms with Gasteiger partial charge in [0.2, 0.25) is 11.8 Å². The number of hydrogen-bond acceptors (Lipinski definition) is 4. The second-order valence-corrected chi connectivity index (χ2v) is 11.9. The average Bonchev–Trinajstić information content (AvgIpc) is 2.93. The zero-order valence-electron chi connectivity index (χ0n) is 22.2. The molecule has 3 aromatic rings. The Morgan fingerprint density at radius 1 is 0.872 bits per heavy atom. The van der Waals surface area contributed by atoms with Crippen LogP contribution >= 0.6 is 23.2 Å².